The summed E-state index contributed by atoms with van der Waals surface area (Å²) in [6.07, 6.45) is 1.92. The summed E-state index contributed by atoms with van der Waals surface area (Å²) >= 11 is 0. The summed E-state index contributed by atoms with van der Waals surface area (Å²) in [5.41, 5.74) is 0.983. The first-order chi connectivity index (χ1) is 15.1. The zero-order valence-electron chi connectivity index (χ0n) is 16.9. The summed E-state index contributed by atoms with van der Waals surface area (Å²) in [6.45, 7) is 1.12. The smallest absolute Gasteiger partial charge is 0.407 e. The fourth-order valence-corrected chi connectivity index (χ4v) is 4.00. The first kappa shape index (κ1) is 20.4. The van der Waals surface area contributed by atoms with Crippen molar-refractivity contribution in [2.45, 2.75) is 62.3 Å². The number of carbonyl (C=O) groups is 1. The fraction of sp³-hybridized carbons (Fsp3) is 0.684. The number of hydrogen-bond donors (Lipinski definition) is 4. The Hall–Kier alpha value is -2.54. The van der Waals surface area contributed by atoms with Crippen molar-refractivity contribution in [3.05, 3.63) is 12.7 Å². The predicted octanol–water partition coefficient (Wildman–Crippen LogP) is -0.0750. The van der Waals surface area contributed by atoms with E-state index < -0.39 is 30.6 Å². The molecule has 2 aromatic heterocycles. The van der Waals surface area contributed by atoms with E-state index in [4.69, 9.17) is 14.2 Å². The van der Waals surface area contributed by atoms with Crippen LogP contribution in [-0.4, -0.2) is 86.0 Å². The standard InChI is InChI=1S/C19H26N6O6/c26-14-12(7-30-19(28)24-10-2-1-3-10)31-18(15(14)27)25-9-22-13-16(20-8-21-17(13)25)23-11-4-5-29-6-11/h8-12,14-15,18,26-27H,1-7H2,(H,24,28)(H,20,21,23)/t11-,12?,14?,15?,18?/m1/s1. The molecule has 5 rings (SSSR count). The fourth-order valence-electron chi connectivity index (χ4n) is 4.00. The van der Waals surface area contributed by atoms with Gasteiger partial charge in [-0.25, -0.2) is 19.7 Å². The van der Waals surface area contributed by atoms with E-state index in [0.717, 1.165) is 25.7 Å². The van der Waals surface area contributed by atoms with Crippen molar-refractivity contribution >= 4 is 23.1 Å². The lowest BCUT2D eigenvalue weighted by Crippen LogP contribution is -2.41. The Morgan fingerprint density at radius 2 is 2.06 bits per heavy atom. The molecule has 12 heteroatoms. The number of rotatable bonds is 6. The van der Waals surface area contributed by atoms with E-state index in [2.05, 4.69) is 25.6 Å². The van der Waals surface area contributed by atoms with Crippen molar-refractivity contribution in [1.29, 1.82) is 0 Å². The topological polar surface area (TPSA) is 153 Å². The van der Waals surface area contributed by atoms with Gasteiger partial charge in [0.2, 0.25) is 0 Å². The maximum Gasteiger partial charge on any atom is 0.407 e. The molecule has 4 N–H and O–H groups in total. The summed E-state index contributed by atoms with van der Waals surface area (Å²) in [7, 11) is 0. The molecule has 1 saturated carbocycles. The van der Waals surface area contributed by atoms with Crippen LogP contribution in [0.4, 0.5) is 10.6 Å². The second kappa shape index (κ2) is 8.54. The summed E-state index contributed by atoms with van der Waals surface area (Å²) in [5, 5.41) is 27.0. The van der Waals surface area contributed by atoms with Crippen LogP contribution in [-0.2, 0) is 14.2 Å². The predicted molar refractivity (Wildman–Crippen MR) is 106 cm³/mol. The molecule has 12 nitrogen and oxygen atoms in total. The number of alkyl carbamates (subject to hydrolysis) is 1. The highest BCUT2D eigenvalue weighted by Crippen LogP contribution is 2.32. The number of hydrogen-bond acceptors (Lipinski definition) is 10. The Morgan fingerprint density at radius 3 is 2.81 bits per heavy atom. The molecule has 2 aliphatic heterocycles. The maximum atomic E-state index is 11.9. The molecule has 0 radical (unpaired) electrons. The van der Waals surface area contributed by atoms with Gasteiger partial charge in [0.25, 0.3) is 0 Å². The van der Waals surface area contributed by atoms with Crippen molar-refractivity contribution in [2.24, 2.45) is 0 Å². The van der Waals surface area contributed by atoms with Gasteiger partial charge in [0.1, 0.15) is 31.2 Å². The molecule has 31 heavy (non-hydrogen) atoms. The molecule has 1 aliphatic carbocycles. The number of aliphatic hydroxyl groups excluding tert-OH is 2. The van der Waals surface area contributed by atoms with Gasteiger partial charge in [-0.3, -0.25) is 4.57 Å². The number of carbonyl (C=O) groups excluding carboxylic acids is 1. The number of ether oxygens (including phenoxy) is 3. The van der Waals surface area contributed by atoms with Gasteiger partial charge in [0.05, 0.1) is 19.0 Å². The van der Waals surface area contributed by atoms with Crippen LogP contribution in [0.15, 0.2) is 12.7 Å². The lowest BCUT2D eigenvalue weighted by atomic mass is 9.93. The number of nitrogens with zero attached hydrogens (tertiary/aromatic N) is 4. The van der Waals surface area contributed by atoms with Gasteiger partial charge in [0, 0.05) is 12.6 Å². The molecule has 2 aromatic rings. The lowest BCUT2D eigenvalue weighted by Gasteiger charge is -2.26. The first-order valence-corrected chi connectivity index (χ1v) is 10.6. The molecule has 0 spiro atoms. The van der Waals surface area contributed by atoms with E-state index in [1.54, 1.807) is 4.57 Å². The Kier molecular flexibility index (Phi) is 5.61. The number of nitrogens with one attached hydrogen (secondary N) is 2. The summed E-state index contributed by atoms with van der Waals surface area (Å²) < 4.78 is 17.9. The van der Waals surface area contributed by atoms with E-state index in [0.29, 0.717) is 30.2 Å². The largest absolute Gasteiger partial charge is 0.447 e. The minimum atomic E-state index is -1.24. The van der Waals surface area contributed by atoms with Gasteiger partial charge < -0.3 is 35.1 Å². The van der Waals surface area contributed by atoms with Gasteiger partial charge in [0.15, 0.2) is 23.2 Å². The molecule has 2 saturated heterocycles. The second-order valence-corrected chi connectivity index (χ2v) is 8.17. The third-order valence-electron chi connectivity index (χ3n) is 6.05. The monoisotopic (exact) mass is 434 g/mol. The number of aliphatic hydroxyl groups is 2. The summed E-state index contributed by atoms with van der Waals surface area (Å²) in [6, 6.07) is 0.293. The summed E-state index contributed by atoms with van der Waals surface area (Å²) in [5.74, 6) is 0.569. The van der Waals surface area contributed by atoms with Gasteiger partial charge in [-0.05, 0) is 25.7 Å². The third kappa shape index (κ3) is 4.03. The van der Waals surface area contributed by atoms with Crippen LogP contribution in [0.5, 0.6) is 0 Å². The van der Waals surface area contributed by atoms with E-state index in [1.807, 2.05) is 0 Å². The van der Waals surface area contributed by atoms with Crippen molar-refractivity contribution in [1.82, 2.24) is 24.8 Å². The molecule has 3 fully saturated rings. The van der Waals surface area contributed by atoms with E-state index in [9.17, 15) is 15.0 Å². The van der Waals surface area contributed by atoms with Crippen LogP contribution in [0, 0.1) is 0 Å². The van der Waals surface area contributed by atoms with Crippen molar-refractivity contribution < 1.29 is 29.2 Å². The highest BCUT2D eigenvalue weighted by molar-refractivity contribution is 5.82. The first-order valence-electron chi connectivity index (χ1n) is 10.6. The van der Waals surface area contributed by atoms with Crippen LogP contribution in [0.1, 0.15) is 31.9 Å². The van der Waals surface area contributed by atoms with Crippen LogP contribution < -0.4 is 10.6 Å². The van der Waals surface area contributed by atoms with Crippen molar-refractivity contribution in [3.63, 3.8) is 0 Å². The molecule has 3 aliphatic rings. The van der Waals surface area contributed by atoms with Gasteiger partial charge in [-0.1, -0.05) is 0 Å². The number of anilines is 1. The second-order valence-electron chi connectivity index (χ2n) is 8.17. The zero-order chi connectivity index (χ0) is 21.4. The molecule has 168 valence electrons. The number of aromatic nitrogens is 4. The van der Waals surface area contributed by atoms with Crippen molar-refractivity contribution in [3.8, 4) is 0 Å². The average Bonchev–Trinajstić information content (AvgIpc) is 3.45. The van der Waals surface area contributed by atoms with Gasteiger partial charge in [-0.2, -0.15) is 0 Å². The third-order valence-corrected chi connectivity index (χ3v) is 6.05. The van der Waals surface area contributed by atoms with Crippen LogP contribution in [0.2, 0.25) is 0 Å². The van der Waals surface area contributed by atoms with E-state index in [1.165, 1.54) is 12.7 Å². The Labute approximate surface area is 177 Å². The van der Waals surface area contributed by atoms with Crippen molar-refractivity contribution in [2.75, 3.05) is 25.1 Å². The minimum Gasteiger partial charge on any atom is -0.447 e. The van der Waals surface area contributed by atoms with E-state index >= 15 is 0 Å². The number of amides is 1. The Balaban J connectivity index is 1.27. The number of fused-ring (bicyclic) bond motifs is 1. The zero-order valence-corrected chi connectivity index (χ0v) is 16.9. The van der Waals surface area contributed by atoms with Crippen LogP contribution in [0.25, 0.3) is 11.2 Å². The highest BCUT2D eigenvalue weighted by atomic mass is 16.6. The molecule has 0 aromatic carbocycles. The number of imidazole rings is 1. The Morgan fingerprint density at radius 1 is 1.19 bits per heavy atom. The minimum absolute atomic E-state index is 0.144. The lowest BCUT2D eigenvalue weighted by molar-refractivity contribution is -0.0536. The molecule has 0 bridgehead atoms. The van der Waals surface area contributed by atoms with Gasteiger partial charge >= 0.3 is 6.09 Å². The SMILES string of the molecule is O=C(NC1CCC1)OCC1OC(n2cnc3c(N[C@@H]4CCOC4)ncnc32)C(O)C1O. The van der Waals surface area contributed by atoms with Gasteiger partial charge in [-0.15, -0.1) is 0 Å². The quantitative estimate of drug-likeness (QED) is 0.486. The summed E-state index contributed by atoms with van der Waals surface area (Å²) in [4.78, 5) is 24.8. The normalized spacial score (nSPS) is 31.0. The molecule has 5 atom stereocenters. The molecule has 4 heterocycles. The van der Waals surface area contributed by atoms with Crippen LogP contribution >= 0.6 is 0 Å². The average molecular weight is 434 g/mol. The molecule has 4 unspecified atom stereocenters. The Bertz CT molecular complexity index is 930. The molecular formula is C19H26N6O6. The van der Waals surface area contributed by atoms with E-state index in [-0.39, 0.29) is 18.7 Å². The highest BCUT2D eigenvalue weighted by Gasteiger charge is 2.45. The molecular weight excluding hydrogens is 408 g/mol. The molecule has 1 amide bonds. The van der Waals surface area contributed by atoms with Crippen LogP contribution in [0.3, 0.4) is 0 Å². The maximum absolute atomic E-state index is 11.9.